The minimum Gasteiger partial charge on any atom is -0.346 e. The largest absolute Gasteiger partial charge is 0.346 e. The fourth-order valence-electron chi connectivity index (χ4n) is 4.07. The molecule has 1 aromatic rings. The molecule has 1 aromatic carbocycles. The monoisotopic (exact) mass is 343 g/mol. The first-order valence-corrected chi connectivity index (χ1v) is 9.34. The zero-order valence-corrected chi connectivity index (χ0v) is 15.5. The Balaban J connectivity index is 1.60. The summed E-state index contributed by atoms with van der Waals surface area (Å²) in [4.78, 5) is 28.5. The summed E-state index contributed by atoms with van der Waals surface area (Å²) in [6.45, 7) is 5.67. The van der Waals surface area contributed by atoms with Crippen LogP contribution >= 0.6 is 0 Å². The van der Waals surface area contributed by atoms with Gasteiger partial charge in [-0.15, -0.1) is 0 Å². The minimum atomic E-state index is -0.497. The van der Waals surface area contributed by atoms with Crippen molar-refractivity contribution in [1.29, 1.82) is 0 Å². The van der Waals surface area contributed by atoms with Crippen LogP contribution in [0.25, 0.3) is 0 Å². The zero-order chi connectivity index (χ0) is 18.0. The molecule has 1 aliphatic heterocycles. The van der Waals surface area contributed by atoms with Crippen LogP contribution in [-0.2, 0) is 22.4 Å². The van der Waals surface area contributed by atoms with Gasteiger partial charge in [0.2, 0.25) is 0 Å². The number of fused-ring (bicyclic) bond motifs is 1. The molecule has 0 unspecified atom stereocenters. The quantitative estimate of drug-likeness (QED) is 0.848. The van der Waals surface area contributed by atoms with E-state index in [9.17, 15) is 9.59 Å². The predicted molar refractivity (Wildman–Crippen MR) is 98.3 cm³/mol. The molecule has 136 valence electrons. The maximum atomic E-state index is 12.4. The minimum absolute atomic E-state index is 0.0234. The molecule has 0 bridgehead atoms. The van der Waals surface area contributed by atoms with E-state index in [0.717, 1.165) is 38.8 Å². The number of likely N-dealkylation sites (tertiary alicyclic amines) is 1. The number of piperidine rings is 1. The molecular formula is C20H29N3O2. The van der Waals surface area contributed by atoms with Gasteiger partial charge in [-0.1, -0.05) is 24.3 Å². The van der Waals surface area contributed by atoms with Crippen LogP contribution in [0.5, 0.6) is 0 Å². The molecule has 1 aliphatic carbocycles. The molecule has 1 fully saturated rings. The fourth-order valence-corrected chi connectivity index (χ4v) is 4.07. The second-order valence-corrected chi connectivity index (χ2v) is 7.67. The lowest BCUT2D eigenvalue weighted by Crippen LogP contribution is -2.54. The highest BCUT2D eigenvalue weighted by Crippen LogP contribution is 2.28. The number of nitrogens with one attached hydrogen (secondary N) is 1. The number of hydrogen-bond donors (Lipinski definition) is 1. The molecule has 25 heavy (non-hydrogen) atoms. The third-order valence-electron chi connectivity index (χ3n) is 5.46. The molecule has 0 spiro atoms. The van der Waals surface area contributed by atoms with Crippen molar-refractivity contribution in [2.45, 2.75) is 57.7 Å². The van der Waals surface area contributed by atoms with Crippen molar-refractivity contribution < 1.29 is 9.59 Å². The van der Waals surface area contributed by atoms with Crippen LogP contribution in [0.3, 0.4) is 0 Å². The zero-order valence-electron chi connectivity index (χ0n) is 15.5. The number of nitrogens with zero attached hydrogens (tertiary/aromatic N) is 2. The van der Waals surface area contributed by atoms with Gasteiger partial charge in [0.25, 0.3) is 0 Å². The van der Waals surface area contributed by atoms with Crippen molar-refractivity contribution in [3.8, 4) is 0 Å². The molecule has 5 heteroatoms. The van der Waals surface area contributed by atoms with Crippen molar-refractivity contribution in [2.75, 3.05) is 20.1 Å². The summed E-state index contributed by atoms with van der Waals surface area (Å²) < 4.78 is 0. The normalized spacial score (nSPS) is 21.2. The van der Waals surface area contributed by atoms with Crippen LogP contribution < -0.4 is 5.32 Å². The summed E-state index contributed by atoms with van der Waals surface area (Å²) >= 11 is 0. The van der Waals surface area contributed by atoms with Crippen molar-refractivity contribution in [1.82, 2.24) is 15.1 Å². The van der Waals surface area contributed by atoms with E-state index in [1.807, 2.05) is 13.8 Å². The molecule has 5 nitrogen and oxygen atoms in total. The Morgan fingerprint density at radius 2 is 1.84 bits per heavy atom. The first-order chi connectivity index (χ1) is 12.0. The van der Waals surface area contributed by atoms with Crippen molar-refractivity contribution >= 4 is 11.8 Å². The highest BCUT2D eigenvalue weighted by Gasteiger charge is 2.34. The van der Waals surface area contributed by atoms with Crippen molar-refractivity contribution in [3.05, 3.63) is 35.4 Å². The molecule has 0 saturated carbocycles. The van der Waals surface area contributed by atoms with E-state index in [1.165, 1.54) is 11.1 Å². The number of hydrogen-bond acceptors (Lipinski definition) is 3. The van der Waals surface area contributed by atoms with Crippen LogP contribution in [0.15, 0.2) is 24.3 Å². The SMILES string of the molecule is CC(C)NC(=O)C(=O)N(C)[C@H]1CCCN(C2Cc3ccccc3C2)C1. The van der Waals surface area contributed by atoms with Gasteiger partial charge in [-0.05, 0) is 57.2 Å². The summed E-state index contributed by atoms with van der Waals surface area (Å²) in [6, 6.07) is 9.28. The number of carbonyl (C=O) groups is 2. The first-order valence-electron chi connectivity index (χ1n) is 9.34. The van der Waals surface area contributed by atoms with Crippen LogP contribution in [0.4, 0.5) is 0 Å². The lowest BCUT2D eigenvalue weighted by Gasteiger charge is -2.40. The molecule has 1 saturated heterocycles. The third-order valence-corrected chi connectivity index (χ3v) is 5.46. The molecule has 2 aliphatic rings. The van der Waals surface area contributed by atoms with Gasteiger partial charge in [0, 0.05) is 31.7 Å². The van der Waals surface area contributed by atoms with Gasteiger partial charge in [0.05, 0.1) is 0 Å². The van der Waals surface area contributed by atoms with E-state index in [4.69, 9.17) is 0 Å². The molecule has 1 atom stereocenters. The Hall–Kier alpha value is -1.88. The van der Waals surface area contributed by atoms with Gasteiger partial charge in [0.1, 0.15) is 0 Å². The van der Waals surface area contributed by atoms with Gasteiger partial charge in [-0.3, -0.25) is 14.5 Å². The topological polar surface area (TPSA) is 52.7 Å². The third kappa shape index (κ3) is 4.03. The van der Waals surface area contributed by atoms with Crippen LogP contribution in [-0.4, -0.2) is 59.9 Å². The number of benzene rings is 1. The van der Waals surface area contributed by atoms with Crippen LogP contribution in [0.2, 0.25) is 0 Å². The molecule has 2 amide bonds. The highest BCUT2D eigenvalue weighted by atomic mass is 16.2. The maximum absolute atomic E-state index is 12.4. The van der Waals surface area contributed by atoms with Crippen LogP contribution in [0, 0.1) is 0 Å². The van der Waals surface area contributed by atoms with E-state index >= 15 is 0 Å². The number of rotatable bonds is 3. The van der Waals surface area contributed by atoms with Crippen molar-refractivity contribution in [2.24, 2.45) is 0 Å². The van der Waals surface area contributed by atoms with Crippen LogP contribution in [0.1, 0.15) is 37.8 Å². The summed E-state index contributed by atoms with van der Waals surface area (Å²) in [7, 11) is 1.76. The Labute approximate surface area is 150 Å². The maximum Gasteiger partial charge on any atom is 0.311 e. The van der Waals surface area contributed by atoms with Gasteiger partial charge in [-0.2, -0.15) is 0 Å². The van der Waals surface area contributed by atoms with Gasteiger partial charge in [-0.25, -0.2) is 0 Å². The Morgan fingerprint density at radius 1 is 1.20 bits per heavy atom. The predicted octanol–water partition coefficient (Wildman–Crippen LogP) is 1.60. The molecule has 1 N–H and O–H groups in total. The average molecular weight is 343 g/mol. The molecule has 1 heterocycles. The lowest BCUT2D eigenvalue weighted by molar-refractivity contribution is -0.147. The highest BCUT2D eigenvalue weighted by molar-refractivity contribution is 6.35. The summed E-state index contributed by atoms with van der Waals surface area (Å²) in [5, 5.41) is 2.70. The van der Waals surface area contributed by atoms with Crippen molar-refractivity contribution in [3.63, 3.8) is 0 Å². The lowest BCUT2D eigenvalue weighted by atomic mass is 10.0. The molecular weight excluding hydrogens is 314 g/mol. The van der Waals surface area contributed by atoms with E-state index in [-0.39, 0.29) is 12.1 Å². The summed E-state index contributed by atoms with van der Waals surface area (Å²) in [5.41, 5.74) is 2.91. The summed E-state index contributed by atoms with van der Waals surface area (Å²) in [6.07, 6.45) is 4.22. The fraction of sp³-hybridized carbons (Fsp3) is 0.600. The van der Waals surface area contributed by atoms with E-state index < -0.39 is 11.8 Å². The van der Waals surface area contributed by atoms with Gasteiger partial charge in [0.15, 0.2) is 0 Å². The Kier molecular flexibility index (Phi) is 5.42. The smallest absolute Gasteiger partial charge is 0.311 e. The molecule has 0 aromatic heterocycles. The average Bonchev–Trinajstić information content (AvgIpc) is 3.04. The number of carbonyl (C=O) groups excluding carboxylic acids is 2. The standard InChI is InChI=1S/C20H29N3O2/c1-14(2)21-19(24)20(25)22(3)17-9-6-10-23(13-17)18-11-15-7-4-5-8-16(15)12-18/h4-5,7-8,14,17-18H,6,9-13H2,1-3H3,(H,21,24)/t17-/m0/s1. The first kappa shape index (κ1) is 17.9. The van der Waals surface area contributed by atoms with Gasteiger partial charge < -0.3 is 10.2 Å². The van der Waals surface area contributed by atoms with E-state index in [2.05, 4.69) is 34.5 Å². The van der Waals surface area contributed by atoms with E-state index in [0.29, 0.717) is 6.04 Å². The summed E-state index contributed by atoms with van der Waals surface area (Å²) in [5.74, 6) is -0.918. The second kappa shape index (κ2) is 7.56. The molecule has 0 radical (unpaired) electrons. The Morgan fingerprint density at radius 3 is 2.44 bits per heavy atom. The second-order valence-electron chi connectivity index (χ2n) is 7.67. The number of likely N-dealkylation sites (N-methyl/N-ethyl adjacent to an activating group) is 1. The number of amides is 2. The molecule has 3 rings (SSSR count). The Bertz CT molecular complexity index is 619. The van der Waals surface area contributed by atoms with E-state index in [1.54, 1.807) is 11.9 Å². The van der Waals surface area contributed by atoms with Gasteiger partial charge >= 0.3 is 11.8 Å².